The van der Waals surface area contributed by atoms with Gasteiger partial charge >= 0.3 is 5.51 Å². The number of fused-ring (bicyclic) bond motifs is 1. The van der Waals surface area contributed by atoms with Crippen LogP contribution in [0.2, 0.25) is 0 Å². The van der Waals surface area contributed by atoms with Gasteiger partial charge in [0.25, 0.3) is 0 Å². The number of hydrogen-bond acceptors (Lipinski definition) is 3. The van der Waals surface area contributed by atoms with E-state index >= 15 is 0 Å². The van der Waals surface area contributed by atoms with Gasteiger partial charge in [0.05, 0.1) is 22.1 Å². The van der Waals surface area contributed by atoms with Crippen molar-refractivity contribution in [2.45, 2.75) is 21.2 Å². The quantitative estimate of drug-likeness (QED) is 0.597. The lowest BCUT2D eigenvalue weighted by Crippen LogP contribution is -2.00. The molecule has 0 aliphatic heterocycles. The summed E-state index contributed by atoms with van der Waals surface area (Å²) in [5.41, 5.74) is -2.84. The second-order valence-corrected chi connectivity index (χ2v) is 7.56. The molecular formula is C17H12F3NOS2. The molecule has 0 N–H and O–H groups in total. The number of aromatic nitrogens is 1. The zero-order valence-corrected chi connectivity index (χ0v) is 13.9. The predicted molar refractivity (Wildman–Crippen MR) is 90.2 cm³/mol. The molecular weight excluding hydrogens is 355 g/mol. The van der Waals surface area contributed by atoms with Gasteiger partial charge in [-0.15, -0.1) is 0 Å². The topological polar surface area (TPSA) is 30.0 Å². The Hall–Kier alpha value is -1.86. The van der Waals surface area contributed by atoms with E-state index in [0.29, 0.717) is 10.6 Å². The van der Waals surface area contributed by atoms with Crippen LogP contribution >= 0.6 is 11.8 Å². The average Bonchev–Trinajstić information content (AvgIpc) is 2.55. The van der Waals surface area contributed by atoms with Crippen molar-refractivity contribution in [2.24, 2.45) is 0 Å². The lowest BCUT2D eigenvalue weighted by molar-refractivity contribution is -0.0328. The fourth-order valence-electron chi connectivity index (χ4n) is 2.19. The molecule has 0 radical (unpaired) electrons. The van der Waals surface area contributed by atoms with Crippen LogP contribution in [-0.2, 0) is 16.6 Å². The van der Waals surface area contributed by atoms with E-state index in [1.165, 1.54) is 12.1 Å². The zero-order chi connectivity index (χ0) is 17.2. The lowest BCUT2D eigenvalue weighted by Gasteiger charge is -2.07. The minimum atomic E-state index is -4.31. The van der Waals surface area contributed by atoms with Crippen LogP contribution in [-0.4, -0.2) is 14.7 Å². The van der Waals surface area contributed by atoms with E-state index in [9.17, 15) is 17.4 Å². The van der Waals surface area contributed by atoms with Crippen LogP contribution in [0.4, 0.5) is 13.2 Å². The van der Waals surface area contributed by atoms with Crippen LogP contribution < -0.4 is 0 Å². The smallest absolute Gasteiger partial charge is 0.252 e. The molecule has 0 spiro atoms. The van der Waals surface area contributed by atoms with Crippen LogP contribution in [0, 0.1) is 0 Å². The van der Waals surface area contributed by atoms with Crippen molar-refractivity contribution in [3.63, 3.8) is 0 Å². The number of hydrogen-bond donors (Lipinski definition) is 0. The first-order chi connectivity index (χ1) is 11.4. The van der Waals surface area contributed by atoms with Crippen molar-refractivity contribution in [3.8, 4) is 0 Å². The first kappa shape index (κ1) is 17.0. The maximum Gasteiger partial charge on any atom is 0.446 e. The van der Waals surface area contributed by atoms with Crippen molar-refractivity contribution >= 4 is 33.5 Å². The molecule has 0 amide bonds. The summed E-state index contributed by atoms with van der Waals surface area (Å²) >= 11 is -0.162. The summed E-state index contributed by atoms with van der Waals surface area (Å²) in [6.45, 7) is 0. The molecule has 3 aromatic rings. The van der Waals surface area contributed by atoms with Gasteiger partial charge in [0.1, 0.15) is 5.03 Å². The van der Waals surface area contributed by atoms with E-state index < -0.39 is 16.3 Å². The Morgan fingerprint density at radius 1 is 0.958 bits per heavy atom. The summed E-state index contributed by atoms with van der Waals surface area (Å²) in [5, 5.41) is 1.43. The SMILES string of the molecule is O=S(Cc1ccc(SC(F)(F)F)cc1)c1ccc2ccccc2n1. The Bertz CT molecular complexity index is 879. The van der Waals surface area contributed by atoms with Gasteiger partial charge in [0, 0.05) is 10.3 Å². The van der Waals surface area contributed by atoms with Crippen LogP contribution in [0.5, 0.6) is 0 Å². The highest BCUT2D eigenvalue weighted by Crippen LogP contribution is 2.36. The number of benzene rings is 2. The molecule has 2 aromatic carbocycles. The van der Waals surface area contributed by atoms with Gasteiger partial charge in [0.15, 0.2) is 0 Å². The highest BCUT2D eigenvalue weighted by atomic mass is 32.2. The van der Waals surface area contributed by atoms with E-state index in [-0.39, 0.29) is 22.4 Å². The zero-order valence-electron chi connectivity index (χ0n) is 12.3. The first-order valence-corrected chi connectivity index (χ1v) is 9.13. The Labute approximate surface area is 143 Å². The first-order valence-electron chi connectivity index (χ1n) is 6.99. The Balaban J connectivity index is 1.73. The number of rotatable bonds is 4. The van der Waals surface area contributed by atoms with Gasteiger partial charge in [-0.3, -0.25) is 4.21 Å². The third kappa shape index (κ3) is 4.36. The normalized spacial score (nSPS) is 13.1. The van der Waals surface area contributed by atoms with Gasteiger partial charge in [-0.05, 0) is 41.6 Å². The fourth-order valence-corrected chi connectivity index (χ4v) is 3.79. The highest BCUT2D eigenvalue weighted by molar-refractivity contribution is 8.00. The molecule has 0 saturated heterocycles. The molecule has 1 unspecified atom stereocenters. The molecule has 7 heteroatoms. The van der Waals surface area contributed by atoms with E-state index in [0.717, 1.165) is 10.9 Å². The second-order valence-electron chi connectivity index (χ2n) is 5.02. The molecule has 0 aliphatic rings. The van der Waals surface area contributed by atoms with Gasteiger partial charge in [-0.1, -0.05) is 36.4 Å². The van der Waals surface area contributed by atoms with Crippen LogP contribution in [0.3, 0.4) is 0 Å². The van der Waals surface area contributed by atoms with Gasteiger partial charge in [-0.2, -0.15) is 13.2 Å². The van der Waals surface area contributed by atoms with Crippen LogP contribution in [0.1, 0.15) is 5.56 Å². The number of pyridine rings is 1. The fraction of sp³-hybridized carbons (Fsp3) is 0.118. The maximum atomic E-state index is 12.4. The Morgan fingerprint density at radius 2 is 1.67 bits per heavy atom. The summed E-state index contributed by atoms with van der Waals surface area (Å²) in [4.78, 5) is 4.50. The third-order valence-electron chi connectivity index (χ3n) is 3.26. The van der Waals surface area contributed by atoms with E-state index in [2.05, 4.69) is 4.98 Å². The predicted octanol–water partition coefficient (Wildman–Crippen LogP) is 5.15. The molecule has 1 heterocycles. The molecule has 0 fully saturated rings. The summed E-state index contributed by atoms with van der Waals surface area (Å²) < 4.78 is 49.4. The molecule has 2 nitrogen and oxygen atoms in total. The monoisotopic (exact) mass is 367 g/mol. The molecule has 124 valence electrons. The largest absolute Gasteiger partial charge is 0.446 e. The van der Waals surface area contributed by atoms with Crippen LogP contribution in [0.15, 0.2) is 70.6 Å². The molecule has 3 rings (SSSR count). The number of para-hydroxylation sites is 1. The van der Waals surface area contributed by atoms with Crippen molar-refractivity contribution in [1.29, 1.82) is 0 Å². The summed E-state index contributed by atoms with van der Waals surface area (Å²) in [6, 6.07) is 17.0. The van der Waals surface area contributed by atoms with Crippen molar-refractivity contribution in [3.05, 3.63) is 66.2 Å². The van der Waals surface area contributed by atoms with Crippen molar-refractivity contribution in [1.82, 2.24) is 4.98 Å². The highest BCUT2D eigenvalue weighted by Gasteiger charge is 2.29. The third-order valence-corrected chi connectivity index (χ3v) is 5.29. The van der Waals surface area contributed by atoms with E-state index in [4.69, 9.17) is 0 Å². The molecule has 1 aromatic heterocycles. The minimum absolute atomic E-state index is 0.112. The standard InChI is InChI=1S/C17H12F3NOS2/c18-17(19,20)23-14-8-5-12(6-9-14)11-24(22)16-10-7-13-3-1-2-4-15(13)21-16/h1-10H,11H2. The van der Waals surface area contributed by atoms with Gasteiger partial charge in [0.2, 0.25) is 0 Å². The van der Waals surface area contributed by atoms with E-state index in [1.54, 1.807) is 18.2 Å². The molecule has 24 heavy (non-hydrogen) atoms. The minimum Gasteiger partial charge on any atom is -0.252 e. The molecule has 0 bridgehead atoms. The van der Waals surface area contributed by atoms with Crippen molar-refractivity contribution < 1.29 is 17.4 Å². The number of halogens is 3. The molecule has 1 atom stereocenters. The number of nitrogens with zero attached hydrogens (tertiary/aromatic N) is 1. The maximum absolute atomic E-state index is 12.4. The van der Waals surface area contributed by atoms with Crippen LogP contribution in [0.25, 0.3) is 10.9 Å². The summed E-state index contributed by atoms with van der Waals surface area (Å²) in [6.07, 6.45) is 0. The van der Waals surface area contributed by atoms with Crippen molar-refractivity contribution in [2.75, 3.05) is 0 Å². The summed E-state index contributed by atoms with van der Waals surface area (Å²) in [5.74, 6) is 0.211. The van der Waals surface area contributed by atoms with Gasteiger partial charge < -0.3 is 0 Å². The Kier molecular flexibility index (Phi) is 4.91. The number of alkyl halides is 3. The Morgan fingerprint density at radius 3 is 2.38 bits per heavy atom. The lowest BCUT2D eigenvalue weighted by atomic mass is 10.2. The molecule has 0 saturated carbocycles. The summed E-state index contributed by atoms with van der Waals surface area (Å²) in [7, 11) is -1.36. The van der Waals surface area contributed by atoms with E-state index in [1.807, 2.05) is 30.3 Å². The number of thioether (sulfide) groups is 1. The molecule has 0 aliphatic carbocycles. The van der Waals surface area contributed by atoms with Gasteiger partial charge in [-0.25, -0.2) is 4.98 Å². The average molecular weight is 367 g/mol. The second kappa shape index (κ2) is 6.94.